The molecule has 0 bridgehead atoms. The van der Waals surface area contributed by atoms with E-state index < -0.39 is 10.8 Å². The molecule has 0 atom stereocenters. The minimum absolute atomic E-state index is 0.0221. The lowest BCUT2D eigenvalue weighted by Crippen LogP contribution is -2.16. The van der Waals surface area contributed by atoms with E-state index in [0.717, 1.165) is 11.9 Å². The van der Waals surface area contributed by atoms with Crippen molar-refractivity contribution < 1.29 is 9.72 Å². The van der Waals surface area contributed by atoms with E-state index >= 15 is 0 Å². The molecule has 10 nitrogen and oxygen atoms in total. The van der Waals surface area contributed by atoms with E-state index in [2.05, 4.69) is 20.5 Å². The Bertz CT molecular complexity index is 1030. The van der Waals surface area contributed by atoms with Crippen LogP contribution in [-0.2, 0) is 0 Å². The molecule has 3 aromatic rings. The van der Waals surface area contributed by atoms with Crippen molar-refractivity contribution in [2.75, 3.05) is 5.32 Å². The van der Waals surface area contributed by atoms with Crippen LogP contribution < -0.4 is 5.32 Å². The third-order valence-corrected chi connectivity index (χ3v) is 3.54. The van der Waals surface area contributed by atoms with E-state index in [4.69, 9.17) is 5.26 Å². The molecule has 2 aromatic heterocycles. The van der Waals surface area contributed by atoms with Gasteiger partial charge in [0.25, 0.3) is 11.6 Å². The molecule has 3 rings (SSSR count). The van der Waals surface area contributed by atoms with Crippen molar-refractivity contribution in [2.24, 2.45) is 0 Å². The van der Waals surface area contributed by atoms with E-state index in [1.54, 1.807) is 30.0 Å². The van der Waals surface area contributed by atoms with Gasteiger partial charge in [-0.05, 0) is 25.1 Å². The SMILES string of the molecule is Cc1nccn1-c1ccc(C(=O)Nc2ccc([N+](=O)[O-])cc2C#N)nn1. The molecule has 0 saturated carbocycles. The molecule has 10 heteroatoms. The van der Waals surface area contributed by atoms with Crippen molar-refractivity contribution in [3.05, 3.63) is 69.9 Å². The average molecular weight is 349 g/mol. The number of nitrogens with zero attached hydrogens (tertiary/aromatic N) is 6. The van der Waals surface area contributed by atoms with E-state index in [1.807, 2.05) is 6.07 Å². The molecule has 0 aliphatic rings. The molecular weight excluding hydrogens is 338 g/mol. The number of aryl methyl sites for hydroxylation is 1. The summed E-state index contributed by atoms with van der Waals surface area (Å²) in [6, 6.07) is 8.49. The molecule has 2 heterocycles. The molecule has 0 unspecified atom stereocenters. The molecule has 1 aromatic carbocycles. The summed E-state index contributed by atoms with van der Waals surface area (Å²) in [7, 11) is 0. The van der Waals surface area contributed by atoms with Gasteiger partial charge in [-0.15, -0.1) is 10.2 Å². The Morgan fingerprint density at radius 2 is 2.12 bits per heavy atom. The van der Waals surface area contributed by atoms with Crippen LogP contribution in [0.5, 0.6) is 0 Å². The number of nitriles is 1. The number of benzene rings is 1. The number of rotatable bonds is 4. The van der Waals surface area contributed by atoms with E-state index in [1.165, 1.54) is 18.2 Å². The highest BCUT2D eigenvalue weighted by Gasteiger charge is 2.15. The van der Waals surface area contributed by atoms with Crippen molar-refractivity contribution in [3.8, 4) is 11.9 Å². The van der Waals surface area contributed by atoms with Crippen molar-refractivity contribution in [1.82, 2.24) is 19.7 Å². The van der Waals surface area contributed by atoms with Crippen LogP contribution in [0.2, 0.25) is 0 Å². The Labute approximate surface area is 146 Å². The van der Waals surface area contributed by atoms with Gasteiger partial charge in [-0.1, -0.05) is 0 Å². The largest absolute Gasteiger partial charge is 0.319 e. The summed E-state index contributed by atoms with van der Waals surface area (Å²) >= 11 is 0. The fraction of sp³-hybridized carbons (Fsp3) is 0.0625. The van der Waals surface area contributed by atoms with Gasteiger partial charge in [0.15, 0.2) is 11.5 Å². The van der Waals surface area contributed by atoms with Crippen LogP contribution in [0, 0.1) is 28.4 Å². The number of amides is 1. The van der Waals surface area contributed by atoms with Gasteiger partial charge in [-0.2, -0.15) is 5.26 Å². The number of hydrogen-bond donors (Lipinski definition) is 1. The van der Waals surface area contributed by atoms with Crippen LogP contribution in [0.1, 0.15) is 21.9 Å². The first-order chi connectivity index (χ1) is 12.5. The van der Waals surface area contributed by atoms with E-state index in [0.29, 0.717) is 5.82 Å². The molecule has 0 spiro atoms. The van der Waals surface area contributed by atoms with Gasteiger partial charge in [-0.3, -0.25) is 19.5 Å². The van der Waals surface area contributed by atoms with Crippen molar-refractivity contribution in [1.29, 1.82) is 5.26 Å². The number of aromatic nitrogens is 4. The highest BCUT2D eigenvalue weighted by Crippen LogP contribution is 2.21. The summed E-state index contributed by atoms with van der Waals surface area (Å²) in [4.78, 5) is 26.5. The van der Waals surface area contributed by atoms with Crippen LogP contribution in [0.15, 0.2) is 42.7 Å². The highest BCUT2D eigenvalue weighted by molar-refractivity contribution is 6.03. The highest BCUT2D eigenvalue weighted by atomic mass is 16.6. The molecule has 1 amide bonds. The summed E-state index contributed by atoms with van der Waals surface area (Å²) in [5.74, 6) is 0.641. The first-order valence-electron chi connectivity index (χ1n) is 7.33. The smallest absolute Gasteiger partial charge is 0.276 e. The lowest BCUT2D eigenvalue weighted by Gasteiger charge is -2.07. The molecular formula is C16H11N7O3. The lowest BCUT2D eigenvalue weighted by atomic mass is 10.1. The number of nitro groups is 1. The zero-order chi connectivity index (χ0) is 18.7. The maximum Gasteiger partial charge on any atom is 0.276 e. The maximum absolute atomic E-state index is 12.3. The number of nitrogens with one attached hydrogen (secondary N) is 1. The number of nitro benzene ring substituents is 1. The van der Waals surface area contributed by atoms with Crippen molar-refractivity contribution in [3.63, 3.8) is 0 Å². The number of hydrogen-bond acceptors (Lipinski definition) is 7. The Kier molecular flexibility index (Phi) is 4.36. The fourth-order valence-corrected chi connectivity index (χ4v) is 2.23. The topological polar surface area (TPSA) is 140 Å². The minimum Gasteiger partial charge on any atom is -0.319 e. The predicted molar refractivity (Wildman–Crippen MR) is 89.7 cm³/mol. The summed E-state index contributed by atoms with van der Waals surface area (Å²) in [5.41, 5.74) is -0.0706. The molecule has 0 saturated heterocycles. The molecule has 0 aliphatic heterocycles. The predicted octanol–water partition coefficient (Wildman–Crippen LogP) is 2.00. The zero-order valence-corrected chi connectivity index (χ0v) is 13.4. The Hall–Kier alpha value is -4.13. The van der Waals surface area contributed by atoms with E-state index in [-0.39, 0.29) is 22.6 Å². The second kappa shape index (κ2) is 6.78. The number of carbonyl (C=O) groups is 1. The molecule has 1 N–H and O–H groups in total. The third kappa shape index (κ3) is 3.22. The van der Waals surface area contributed by atoms with Crippen molar-refractivity contribution >= 4 is 17.3 Å². The summed E-state index contributed by atoms with van der Waals surface area (Å²) in [5, 5.41) is 30.2. The van der Waals surface area contributed by atoms with Gasteiger partial charge < -0.3 is 5.32 Å². The number of carbonyl (C=O) groups excluding carboxylic acids is 1. The molecule has 0 aliphatic carbocycles. The Morgan fingerprint density at radius 1 is 1.31 bits per heavy atom. The van der Waals surface area contributed by atoms with Gasteiger partial charge >= 0.3 is 0 Å². The van der Waals surface area contributed by atoms with Crippen LogP contribution >= 0.6 is 0 Å². The van der Waals surface area contributed by atoms with Crippen LogP contribution in [0.4, 0.5) is 11.4 Å². The number of imidazole rings is 1. The fourth-order valence-electron chi connectivity index (χ4n) is 2.23. The van der Waals surface area contributed by atoms with Gasteiger partial charge in [0.05, 0.1) is 16.2 Å². The van der Waals surface area contributed by atoms with Gasteiger partial charge in [0.1, 0.15) is 11.9 Å². The average Bonchev–Trinajstić information content (AvgIpc) is 3.08. The first-order valence-corrected chi connectivity index (χ1v) is 7.33. The normalized spacial score (nSPS) is 10.2. The van der Waals surface area contributed by atoms with Gasteiger partial charge in [-0.25, -0.2) is 4.98 Å². The number of anilines is 1. The lowest BCUT2D eigenvalue weighted by molar-refractivity contribution is -0.384. The molecule has 0 fully saturated rings. The maximum atomic E-state index is 12.3. The standard InChI is InChI=1S/C16H11N7O3/c1-10-18-6-7-22(10)15-5-4-14(20-21-15)16(24)19-13-3-2-12(23(25)26)8-11(13)9-17/h2-8H,1H3,(H,19,24). The monoisotopic (exact) mass is 349 g/mol. The third-order valence-electron chi connectivity index (χ3n) is 3.54. The summed E-state index contributed by atoms with van der Waals surface area (Å²) in [6.07, 6.45) is 3.34. The summed E-state index contributed by atoms with van der Waals surface area (Å²) < 4.78 is 1.71. The van der Waals surface area contributed by atoms with Gasteiger partial charge in [0.2, 0.25) is 0 Å². The van der Waals surface area contributed by atoms with Gasteiger partial charge in [0, 0.05) is 24.5 Å². The van der Waals surface area contributed by atoms with Crippen LogP contribution in [-0.4, -0.2) is 30.6 Å². The Morgan fingerprint density at radius 3 is 2.69 bits per heavy atom. The quantitative estimate of drug-likeness (QED) is 0.561. The number of non-ortho nitro benzene ring substituents is 1. The Balaban J connectivity index is 1.81. The molecule has 26 heavy (non-hydrogen) atoms. The van der Waals surface area contributed by atoms with Crippen LogP contribution in [0.25, 0.3) is 5.82 Å². The zero-order valence-electron chi connectivity index (χ0n) is 13.4. The molecule has 128 valence electrons. The van der Waals surface area contributed by atoms with Crippen molar-refractivity contribution in [2.45, 2.75) is 6.92 Å². The first kappa shape index (κ1) is 16.7. The summed E-state index contributed by atoms with van der Waals surface area (Å²) in [6.45, 7) is 1.81. The molecule has 0 radical (unpaired) electrons. The van der Waals surface area contributed by atoms with Crippen LogP contribution in [0.3, 0.4) is 0 Å². The second-order valence-electron chi connectivity index (χ2n) is 5.17. The van der Waals surface area contributed by atoms with E-state index in [9.17, 15) is 14.9 Å². The second-order valence-corrected chi connectivity index (χ2v) is 5.17. The minimum atomic E-state index is -0.616.